The molecule has 2 atom stereocenters. The van der Waals surface area contributed by atoms with Crippen LogP contribution in [0.5, 0.6) is 0 Å². The van der Waals surface area contributed by atoms with Crippen LogP contribution in [0.1, 0.15) is 24.4 Å². The van der Waals surface area contributed by atoms with Gasteiger partial charge in [-0.05, 0) is 6.42 Å². The van der Waals surface area contributed by atoms with Crippen LogP contribution in [0.15, 0.2) is 12.4 Å². The van der Waals surface area contributed by atoms with Crippen molar-refractivity contribution < 1.29 is 19.5 Å². The van der Waals surface area contributed by atoms with E-state index in [0.29, 0.717) is 5.56 Å². The Labute approximate surface area is 114 Å². The number of nitrogens with two attached hydrogens (primary N) is 2. The predicted molar refractivity (Wildman–Crippen MR) is 68.1 cm³/mol. The van der Waals surface area contributed by atoms with E-state index < -0.39 is 29.9 Å². The lowest BCUT2D eigenvalue weighted by Crippen LogP contribution is -2.45. The van der Waals surface area contributed by atoms with Crippen molar-refractivity contribution in [2.24, 2.45) is 18.5 Å². The second-order valence-corrected chi connectivity index (χ2v) is 4.33. The Bertz CT molecular complexity index is 513. The Balaban J connectivity index is 2.65. The van der Waals surface area contributed by atoms with Crippen molar-refractivity contribution >= 4 is 17.8 Å². The second-order valence-electron chi connectivity index (χ2n) is 4.33. The van der Waals surface area contributed by atoms with Crippen LogP contribution in [0.2, 0.25) is 0 Å². The van der Waals surface area contributed by atoms with Gasteiger partial charge in [0.1, 0.15) is 12.1 Å². The molecule has 0 fully saturated rings. The van der Waals surface area contributed by atoms with E-state index in [0.717, 1.165) is 0 Å². The van der Waals surface area contributed by atoms with E-state index >= 15 is 0 Å². The number of carbonyl (C=O) groups excluding carboxylic acids is 2. The fourth-order valence-corrected chi connectivity index (χ4v) is 1.56. The van der Waals surface area contributed by atoms with Gasteiger partial charge in [-0.2, -0.15) is 5.10 Å². The first-order valence-electron chi connectivity index (χ1n) is 5.87. The molecule has 1 aromatic heterocycles. The maximum Gasteiger partial charge on any atom is 0.326 e. The number of hydrogen-bond acceptors (Lipinski definition) is 5. The fourth-order valence-electron chi connectivity index (χ4n) is 1.56. The molecule has 1 aromatic rings. The first-order valence-corrected chi connectivity index (χ1v) is 5.87. The van der Waals surface area contributed by atoms with Gasteiger partial charge in [0.2, 0.25) is 11.8 Å². The molecule has 0 saturated carbocycles. The third-order valence-corrected chi connectivity index (χ3v) is 2.66. The highest BCUT2D eigenvalue weighted by Gasteiger charge is 2.25. The molecule has 6 N–H and O–H groups in total. The molecule has 0 aliphatic rings. The van der Waals surface area contributed by atoms with E-state index in [9.17, 15) is 14.4 Å². The molecule has 9 heteroatoms. The number of aliphatic carboxylic acids is 1. The summed E-state index contributed by atoms with van der Waals surface area (Å²) in [6.45, 7) is 0. The number of carboxylic acids is 1. The lowest BCUT2D eigenvalue weighted by molar-refractivity contribution is -0.142. The number of carboxylic acid groups (broad SMARTS) is 1. The fraction of sp³-hybridized carbons (Fsp3) is 0.455. The van der Waals surface area contributed by atoms with Crippen LogP contribution >= 0.6 is 0 Å². The zero-order valence-electron chi connectivity index (χ0n) is 10.9. The first kappa shape index (κ1) is 15.6. The van der Waals surface area contributed by atoms with Crippen LogP contribution in [-0.2, 0) is 21.4 Å². The van der Waals surface area contributed by atoms with Crippen LogP contribution in [0.3, 0.4) is 0 Å². The smallest absolute Gasteiger partial charge is 0.326 e. The number of hydrogen-bond donors (Lipinski definition) is 4. The topological polar surface area (TPSA) is 153 Å². The molecule has 9 nitrogen and oxygen atoms in total. The zero-order valence-corrected chi connectivity index (χ0v) is 10.9. The van der Waals surface area contributed by atoms with Crippen molar-refractivity contribution in [3.8, 4) is 0 Å². The van der Waals surface area contributed by atoms with Crippen LogP contribution in [0, 0.1) is 0 Å². The minimum Gasteiger partial charge on any atom is -0.480 e. The quantitative estimate of drug-likeness (QED) is 0.465. The SMILES string of the molecule is Cn1cc(C(N)C(=O)N[C@@H](CCC(N)=O)C(=O)O)cn1. The minimum atomic E-state index is -1.25. The molecule has 0 aromatic carbocycles. The molecule has 20 heavy (non-hydrogen) atoms. The zero-order chi connectivity index (χ0) is 15.3. The Morgan fingerprint density at radius 2 is 2.15 bits per heavy atom. The Morgan fingerprint density at radius 3 is 2.60 bits per heavy atom. The molecule has 1 heterocycles. The minimum absolute atomic E-state index is 0.0871. The molecule has 0 spiro atoms. The van der Waals surface area contributed by atoms with Crippen molar-refractivity contribution in [2.45, 2.75) is 24.9 Å². The number of aromatic nitrogens is 2. The van der Waals surface area contributed by atoms with E-state index in [1.165, 1.54) is 10.9 Å². The highest BCUT2D eigenvalue weighted by molar-refractivity contribution is 5.87. The third-order valence-electron chi connectivity index (χ3n) is 2.66. The van der Waals surface area contributed by atoms with Crippen molar-refractivity contribution in [3.05, 3.63) is 18.0 Å². The monoisotopic (exact) mass is 283 g/mol. The van der Waals surface area contributed by atoms with Crippen molar-refractivity contribution in [3.63, 3.8) is 0 Å². The predicted octanol–water partition coefficient (Wildman–Crippen LogP) is -1.75. The number of nitrogens with zero attached hydrogens (tertiary/aromatic N) is 2. The van der Waals surface area contributed by atoms with Crippen molar-refractivity contribution in [1.82, 2.24) is 15.1 Å². The van der Waals surface area contributed by atoms with Gasteiger partial charge in [-0.1, -0.05) is 0 Å². The van der Waals surface area contributed by atoms with Gasteiger partial charge in [0.25, 0.3) is 0 Å². The number of amides is 2. The summed E-state index contributed by atoms with van der Waals surface area (Å²) in [7, 11) is 1.67. The summed E-state index contributed by atoms with van der Waals surface area (Å²) in [5.74, 6) is -2.55. The van der Waals surface area contributed by atoms with Gasteiger partial charge in [0.05, 0.1) is 6.20 Å². The number of primary amides is 1. The average Bonchev–Trinajstić information content (AvgIpc) is 2.79. The lowest BCUT2D eigenvalue weighted by atomic mass is 10.1. The molecule has 0 aliphatic carbocycles. The van der Waals surface area contributed by atoms with E-state index in [4.69, 9.17) is 16.6 Å². The number of nitrogens with one attached hydrogen (secondary N) is 1. The van der Waals surface area contributed by atoms with Crippen LogP contribution < -0.4 is 16.8 Å². The number of carbonyl (C=O) groups is 3. The second kappa shape index (κ2) is 6.66. The van der Waals surface area contributed by atoms with E-state index in [2.05, 4.69) is 10.4 Å². The molecule has 110 valence electrons. The Morgan fingerprint density at radius 1 is 1.50 bits per heavy atom. The highest BCUT2D eigenvalue weighted by atomic mass is 16.4. The van der Waals surface area contributed by atoms with Crippen molar-refractivity contribution in [1.29, 1.82) is 0 Å². The summed E-state index contributed by atoms with van der Waals surface area (Å²) in [5.41, 5.74) is 11.1. The number of rotatable bonds is 7. The van der Waals surface area contributed by atoms with Crippen LogP contribution in [-0.4, -0.2) is 38.7 Å². The summed E-state index contributed by atoms with van der Waals surface area (Å²) in [4.78, 5) is 33.5. The van der Waals surface area contributed by atoms with Gasteiger partial charge < -0.3 is 21.9 Å². The van der Waals surface area contributed by atoms with E-state index in [1.807, 2.05) is 0 Å². The third kappa shape index (κ3) is 4.35. The molecular weight excluding hydrogens is 266 g/mol. The van der Waals surface area contributed by atoms with Gasteiger partial charge in [-0.25, -0.2) is 4.79 Å². The van der Waals surface area contributed by atoms with E-state index in [-0.39, 0.29) is 12.8 Å². The van der Waals surface area contributed by atoms with Gasteiger partial charge in [-0.15, -0.1) is 0 Å². The number of aryl methyl sites for hydroxylation is 1. The first-order chi connectivity index (χ1) is 9.31. The maximum absolute atomic E-state index is 11.9. The van der Waals surface area contributed by atoms with Gasteiger partial charge in [-0.3, -0.25) is 14.3 Å². The normalized spacial score (nSPS) is 13.5. The summed E-state index contributed by atoms with van der Waals surface area (Å²) in [6.07, 6.45) is 2.75. The summed E-state index contributed by atoms with van der Waals surface area (Å²) in [5, 5.41) is 15.1. The summed E-state index contributed by atoms with van der Waals surface area (Å²) in [6, 6.07) is -2.24. The van der Waals surface area contributed by atoms with Gasteiger partial charge in [0.15, 0.2) is 0 Å². The molecule has 0 aliphatic heterocycles. The van der Waals surface area contributed by atoms with Gasteiger partial charge in [0, 0.05) is 25.2 Å². The largest absolute Gasteiger partial charge is 0.480 e. The average molecular weight is 283 g/mol. The molecule has 0 saturated heterocycles. The molecule has 1 rings (SSSR count). The Kier molecular flexibility index (Phi) is 5.21. The van der Waals surface area contributed by atoms with Crippen LogP contribution in [0.4, 0.5) is 0 Å². The highest BCUT2D eigenvalue weighted by Crippen LogP contribution is 2.09. The van der Waals surface area contributed by atoms with Gasteiger partial charge >= 0.3 is 5.97 Å². The molecule has 2 amide bonds. The summed E-state index contributed by atoms with van der Waals surface area (Å²) >= 11 is 0. The molecule has 0 radical (unpaired) electrons. The maximum atomic E-state index is 11.9. The standard InChI is InChI=1S/C11H17N5O4/c1-16-5-6(4-14-16)9(13)10(18)15-7(11(19)20)2-3-8(12)17/h4-5,7,9H,2-3,13H2,1H3,(H2,12,17)(H,15,18)(H,19,20)/t7-,9?/m0/s1. The molecule has 1 unspecified atom stereocenters. The molecule has 0 bridgehead atoms. The summed E-state index contributed by atoms with van der Waals surface area (Å²) < 4.78 is 1.48. The van der Waals surface area contributed by atoms with E-state index in [1.54, 1.807) is 13.2 Å². The van der Waals surface area contributed by atoms with Crippen molar-refractivity contribution in [2.75, 3.05) is 0 Å². The lowest BCUT2D eigenvalue weighted by Gasteiger charge is -2.16. The van der Waals surface area contributed by atoms with Crippen LogP contribution in [0.25, 0.3) is 0 Å². The Hall–Kier alpha value is -2.42. The molecular formula is C11H17N5O4.